The number of hydrogen-bond donors (Lipinski definition) is 2. The van der Waals surface area contributed by atoms with E-state index in [1.54, 1.807) is 0 Å². The molecule has 0 aromatic rings. The molecule has 2 bridgehead atoms. The average molecular weight is 140 g/mol. The molecule has 2 N–H and O–H groups in total. The lowest BCUT2D eigenvalue weighted by molar-refractivity contribution is 0.582. The molecule has 2 nitrogen and oxygen atoms in total. The SMILES string of the molecule is S=C1NCC2CC=C1N2. The van der Waals surface area contributed by atoms with Gasteiger partial charge in [-0.1, -0.05) is 18.3 Å². The van der Waals surface area contributed by atoms with Crippen molar-refractivity contribution in [2.45, 2.75) is 12.5 Å². The molecule has 0 radical (unpaired) electrons. The Morgan fingerprint density at radius 2 is 2.56 bits per heavy atom. The Balaban J connectivity index is 2.27. The lowest BCUT2D eigenvalue weighted by Gasteiger charge is -2.21. The van der Waals surface area contributed by atoms with E-state index < -0.39 is 0 Å². The predicted molar refractivity (Wildman–Crippen MR) is 40.2 cm³/mol. The van der Waals surface area contributed by atoms with Gasteiger partial charge in [0.1, 0.15) is 4.99 Å². The van der Waals surface area contributed by atoms with Gasteiger partial charge in [-0.2, -0.15) is 0 Å². The Bertz CT molecular complexity index is 185. The van der Waals surface area contributed by atoms with Crippen LogP contribution in [0.5, 0.6) is 0 Å². The highest BCUT2D eigenvalue weighted by Crippen LogP contribution is 2.12. The lowest BCUT2D eigenvalue weighted by atomic mass is 10.2. The van der Waals surface area contributed by atoms with E-state index in [1.165, 1.54) is 0 Å². The minimum atomic E-state index is 0.603. The summed E-state index contributed by atoms with van der Waals surface area (Å²) in [5, 5.41) is 6.44. The van der Waals surface area contributed by atoms with Crippen molar-refractivity contribution in [2.75, 3.05) is 6.54 Å². The number of thiocarbonyl (C=S) groups is 1. The third-order valence-electron chi connectivity index (χ3n) is 1.72. The maximum atomic E-state index is 5.01. The summed E-state index contributed by atoms with van der Waals surface area (Å²) in [5.74, 6) is 0. The first kappa shape index (κ1) is 5.23. The molecule has 1 saturated heterocycles. The summed E-state index contributed by atoms with van der Waals surface area (Å²) >= 11 is 5.01. The molecule has 0 aromatic carbocycles. The number of hydrogen-bond acceptors (Lipinski definition) is 2. The number of rotatable bonds is 0. The van der Waals surface area contributed by atoms with Crippen LogP contribution in [-0.4, -0.2) is 17.6 Å². The molecule has 9 heavy (non-hydrogen) atoms. The molecule has 1 fully saturated rings. The molecule has 2 rings (SSSR count). The largest absolute Gasteiger partial charge is 0.378 e. The van der Waals surface area contributed by atoms with Crippen LogP contribution in [0.4, 0.5) is 0 Å². The summed E-state index contributed by atoms with van der Waals surface area (Å²) < 4.78 is 0. The van der Waals surface area contributed by atoms with Crippen LogP contribution in [0.1, 0.15) is 6.42 Å². The fraction of sp³-hybridized carbons (Fsp3) is 0.500. The second kappa shape index (κ2) is 1.70. The number of nitrogens with one attached hydrogen (secondary N) is 2. The Kier molecular flexibility index (Phi) is 0.990. The molecule has 0 saturated carbocycles. The number of piperazine rings is 1. The summed E-state index contributed by atoms with van der Waals surface area (Å²) in [6.45, 7) is 0.985. The van der Waals surface area contributed by atoms with Gasteiger partial charge < -0.3 is 10.6 Å². The summed E-state index contributed by atoms with van der Waals surface area (Å²) in [6, 6.07) is 0.603. The van der Waals surface area contributed by atoms with Crippen LogP contribution < -0.4 is 10.6 Å². The fourth-order valence-corrected chi connectivity index (χ4v) is 1.43. The van der Waals surface area contributed by atoms with Crippen molar-refractivity contribution >= 4 is 17.2 Å². The van der Waals surface area contributed by atoms with Crippen molar-refractivity contribution in [3.63, 3.8) is 0 Å². The summed E-state index contributed by atoms with van der Waals surface area (Å²) in [5.41, 5.74) is 1.13. The molecule has 2 aliphatic heterocycles. The van der Waals surface area contributed by atoms with E-state index in [1.807, 2.05) is 0 Å². The number of fused-ring (bicyclic) bond motifs is 2. The molecule has 2 aliphatic rings. The monoisotopic (exact) mass is 140 g/mol. The Hall–Kier alpha value is -0.570. The summed E-state index contributed by atoms with van der Waals surface area (Å²) in [7, 11) is 0. The van der Waals surface area contributed by atoms with Gasteiger partial charge in [0.15, 0.2) is 0 Å². The molecule has 2 heterocycles. The summed E-state index contributed by atoms with van der Waals surface area (Å²) in [6.07, 6.45) is 3.29. The van der Waals surface area contributed by atoms with Gasteiger partial charge >= 0.3 is 0 Å². The van der Waals surface area contributed by atoms with Gasteiger partial charge in [0.05, 0.1) is 5.70 Å². The molecule has 3 heteroatoms. The Morgan fingerprint density at radius 1 is 1.67 bits per heavy atom. The minimum Gasteiger partial charge on any atom is -0.378 e. The predicted octanol–water partition coefficient (Wildman–Crippen LogP) is 0.163. The van der Waals surface area contributed by atoms with E-state index in [0.29, 0.717) is 6.04 Å². The van der Waals surface area contributed by atoms with Gasteiger partial charge in [-0.25, -0.2) is 0 Å². The van der Waals surface area contributed by atoms with Gasteiger partial charge in [0.2, 0.25) is 0 Å². The highest BCUT2D eigenvalue weighted by molar-refractivity contribution is 7.80. The molecular formula is C6H8N2S. The van der Waals surface area contributed by atoms with Crippen molar-refractivity contribution in [3.8, 4) is 0 Å². The summed E-state index contributed by atoms with van der Waals surface area (Å²) in [4.78, 5) is 0.878. The molecule has 1 atom stereocenters. The smallest absolute Gasteiger partial charge is 0.122 e. The van der Waals surface area contributed by atoms with E-state index >= 15 is 0 Å². The first-order valence-electron chi connectivity index (χ1n) is 3.11. The first-order valence-corrected chi connectivity index (χ1v) is 3.52. The van der Waals surface area contributed by atoms with Crippen molar-refractivity contribution in [3.05, 3.63) is 11.8 Å². The second-order valence-electron chi connectivity index (χ2n) is 2.40. The fourth-order valence-electron chi connectivity index (χ4n) is 1.20. The highest BCUT2D eigenvalue weighted by Gasteiger charge is 2.22. The molecule has 0 amide bonds. The zero-order valence-corrected chi connectivity index (χ0v) is 5.79. The lowest BCUT2D eigenvalue weighted by Crippen LogP contribution is -2.45. The van der Waals surface area contributed by atoms with Gasteiger partial charge in [-0.3, -0.25) is 0 Å². The topological polar surface area (TPSA) is 24.1 Å². The van der Waals surface area contributed by atoms with E-state index in [9.17, 15) is 0 Å². The molecule has 0 spiro atoms. The maximum Gasteiger partial charge on any atom is 0.122 e. The van der Waals surface area contributed by atoms with Gasteiger partial charge in [0, 0.05) is 12.6 Å². The van der Waals surface area contributed by atoms with Crippen LogP contribution in [0.25, 0.3) is 0 Å². The first-order chi connectivity index (χ1) is 4.36. The van der Waals surface area contributed by atoms with Crippen LogP contribution in [0.2, 0.25) is 0 Å². The zero-order valence-electron chi connectivity index (χ0n) is 4.98. The Morgan fingerprint density at radius 3 is 3.33 bits per heavy atom. The normalized spacial score (nSPS) is 30.9. The van der Waals surface area contributed by atoms with Crippen LogP contribution in [0.15, 0.2) is 11.8 Å². The van der Waals surface area contributed by atoms with Crippen LogP contribution in [0, 0.1) is 0 Å². The van der Waals surface area contributed by atoms with Crippen LogP contribution in [-0.2, 0) is 0 Å². The molecule has 1 unspecified atom stereocenters. The van der Waals surface area contributed by atoms with Crippen molar-refractivity contribution in [1.82, 2.24) is 10.6 Å². The molecule has 0 aromatic heterocycles. The quantitative estimate of drug-likeness (QED) is 0.469. The third-order valence-corrected chi connectivity index (χ3v) is 2.08. The van der Waals surface area contributed by atoms with Crippen LogP contribution >= 0.6 is 12.2 Å². The Labute approximate surface area is 59.3 Å². The molecule has 0 aliphatic carbocycles. The van der Waals surface area contributed by atoms with Crippen molar-refractivity contribution in [2.24, 2.45) is 0 Å². The van der Waals surface area contributed by atoms with E-state index in [4.69, 9.17) is 12.2 Å². The molecular weight excluding hydrogens is 132 g/mol. The van der Waals surface area contributed by atoms with Crippen molar-refractivity contribution < 1.29 is 0 Å². The van der Waals surface area contributed by atoms with Gasteiger partial charge in [-0.15, -0.1) is 0 Å². The van der Waals surface area contributed by atoms with E-state index in [2.05, 4.69) is 16.7 Å². The van der Waals surface area contributed by atoms with E-state index in [0.717, 1.165) is 23.7 Å². The van der Waals surface area contributed by atoms with Crippen LogP contribution in [0.3, 0.4) is 0 Å². The zero-order chi connectivity index (χ0) is 6.27. The van der Waals surface area contributed by atoms with Crippen molar-refractivity contribution in [1.29, 1.82) is 0 Å². The third kappa shape index (κ3) is 0.721. The standard InChI is InChI=1S/C6H8N2S/c9-6-5-2-1-4(8-5)3-7-6/h2,4,8H,1,3H2,(H,7,9). The maximum absolute atomic E-state index is 5.01. The minimum absolute atomic E-state index is 0.603. The second-order valence-corrected chi connectivity index (χ2v) is 2.81. The highest BCUT2D eigenvalue weighted by atomic mass is 32.1. The van der Waals surface area contributed by atoms with Gasteiger partial charge in [-0.05, 0) is 6.42 Å². The average Bonchev–Trinajstić information content (AvgIpc) is 2.25. The molecule has 48 valence electrons. The van der Waals surface area contributed by atoms with E-state index in [-0.39, 0.29) is 0 Å². The van der Waals surface area contributed by atoms with Gasteiger partial charge in [0.25, 0.3) is 0 Å².